The molecule has 72 valence electrons. The van der Waals surface area contributed by atoms with Gasteiger partial charge in [0.2, 0.25) is 5.91 Å². The second-order valence-electron chi connectivity index (χ2n) is 4.41. The SMILES string of the molecule is CC(N)CN(C)C(=O)C(C)(C)C. The summed E-state index contributed by atoms with van der Waals surface area (Å²) in [7, 11) is 1.79. The standard InChI is InChI=1S/C9H20N2O/c1-7(10)6-11(5)8(12)9(2,3)4/h7H,6,10H2,1-5H3. The molecule has 0 aliphatic rings. The fourth-order valence-corrected chi connectivity index (χ4v) is 1.09. The second-order valence-corrected chi connectivity index (χ2v) is 4.41. The van der Waals surface area contributed by atoms with E-state index in [2.05, 4.69) is 0 Å². The number of hydrogen-bond acceptors (Lipinski definition) is 2. The third kappa shape index (κ3) is 3.72. The van der Waals surface area contributed by atoms with Gasteiger partial charge in [-0.05, 0) is 6.92 Å². The maximum Gasteiger partial charge on any atom is 0.227 e. The zero-order valence-corrected chi connectivity index (χ0v) is 8.72. The zero-order valence-electron chi connectivity index (χ0n) is 8.72. The molecule has 0 aliphatic heterocycles. The predicted octanol–water partition coefficient (Wildman–Crippen LogP) is 0.838. The van der Waals surface area contributed by atoms with Gasteiger partial charge < -0.3 is 10.6 Å². The minimum absolute atomic E-state index is 0.0429. The lowest BCUT2D eigenvalue weighted by molar-refractivity contribution is -0.138. The van der Waals surface area contributed by atoms with Crippen molar-refractivity contribution in [1.82, 2.24) is 4.90 Å². The second kappa shape index (κ2) is 3.90. The van der Waals surface area contributed by atoms with E-state index in [1.54, 1.807) is 11.9 Å². The maximum absolute atomic E-state index is 11.6. The molecule has 3 heteroatoms. The van der Waals surface area contributed by atoms with E-state index in [-0.39, 0.29) is 17.4 Å². The van der Waals surface area contributed by atoms with Crippen LogP contribution in [0.1, 0.15) is 27.7 Å². The summed E-state index contributed by atoms with van der Waals surface area (Å²) in [6.45, 7) is 8.25. The summed E-state index contributed by atoms with van der Waals surface area (Å²) < 4.78 is 0. The first kappa shape index (κ1) is 11.4. The molecule has 0 radical (unpaired) electrons. The monoisotopic (exact) mass is 172 g/mol. The summed E-state index contributed by atoms with van der Waals surface area (Å²) in [4.78, 5) is 13.3. The van der Waals surface area contributed by atoms with Gasteiger partial charge in [-0.2, -0.15) is 0 Å². The van der Waals surface area contributed by atoms with Crippen LogP contribution >= 0.6 is 0 Å². The Kier molecular flexibility index (Phi) is 3.71. The fraction of sp³-hybridized carbons (Fsp3) is 0.889. The molecule has 0 aromatic carbocycles. The van der Waals surface area contributed by atoms with Gasteiger partial charge in [-0.3, -0.25) is 4.79 Å². The van der Waals surface area contributed by atoms with Crippen molar-refractivity contribution in [3.63, 3.8) is 0 Å². The molecule has 0 heterocycles. The van der Waals surface area contributed by atoms with Gasteiger partial charge in [-0.25, -0.2) is 0 Å². The van der Waals surface area contributed by atoms with Crippen molar-refractivity contribution in [2.75, 3.05) is 13.6 Å². The van der Waals surface area contributed by atoms with Crippen molar-refractivity contribution in [2.45, 2.75) is 33.7 Å². The van der Waals surface area contributed by atoms with E-state index in [0.717, 1.165) is 0 Å². The van der Waals surface area contributed by atoms with Gasteiger partial charge in [0.05, 0.1) is 0 Å². The van der Waals surface area contributed by atoms with Crippen LogP contribution in [0.2, 0.25) is 0 Å². The lowest BCUT2D eigenvalue weighted by atomic mass is 9.95. The van der Waals surface area contributed by atoms with Crippen molar-refractivity contribution in [1.29, 1.82) is 0 Å². The van der Waals surface area contributed by atoms with Gasteiger partial charge in [-0.1, -0.05) is 20.8 Å². The van der Waals surface area contributed by atoms with Gasteiger partial charge in [0, 0.05) is 25.0 Å². The van der Waals surface area contributed by atoms with Crippen LogP contribution in [0, 0.1) is 5.41 Å². The molecule has 3 nitrogen and oxygen atoms in total. The van der Waals surface area contributed by atoms with Gasteiger partial charge in [0.15, 0.2) is 0 Å². The number of hydrogen-bond donors (Lipinski definition) is 1. The number of amides is 1. The molecule has 1 atom stereocenters. The first-order valence-corrected chi connectivity index (χ1v) is 4.26. The van der Waals surface area contributed by atoms with E-state index < -0.39 is 0 Å². The molecule has 0 aromatic rings. The largest absolute Gasteiger partial charge is 0.344 e. The predicted molar refractivity (Wildman–Crippen MR) is 50.7 cm³/mol. The molecule has 0 spiro atoms. The summed E-state index contributed by atoms with van der Waals surface area (Å²) in [5, 5.41) is 0. The fourth-order valence-electron chi connectivity index (χ4n) is 1.09. The molecular weight excluding hydrogens is 152 g/mol. The van der Waals surface area contributed by atoms with Crippen LogP contribution in [-0.4, -0.2) is 30.4 Å². The summed E-state index contributed by atoms with van der Waals surface area (Å²) in [5.74, 6) is 0.139. The highest BCUT2D eigenvalue weighted by Crippen LogP contribution is 2.16. The van der Waals surface area contributed by atoms with Crippen LogP contribution < -0.4 is 5.73 Å². The molecule has 0 bridgehead atoms. The Morgan fingerprint density at radius 2 is 1.92 bits per heavy atom. The number of nitrogens with zero attached hydrogens (tertiary/aromatic N) is 1. The zero-order chi connectivity index (χ0) is 9.94. The Balaban J connectivity index is 4.12. The van der Waals surface area contributed by atoms with E-state index in [4.69, 9.17) is 5.73 Å². The van der Waals surface area contributed by atoms with E-state index >= 15 is 0 Å². The molecule has 0 rings (SSSR count). The third-order valence-electron chi connectivity index (χ3n) is 1.55. The molecule has 0 aromatic heterocycles. The summed E-state index contributed by atoms with van der Waals surface area (Å²) >= 11 is 0. The highest BCUT2D eigenvalue weighted by atomic mass is 16.2. The van der Waals surface area contributed by atoms with E-state index in [1.807, 2.05) is 27.7 Å². The van der Waals surface area contributed by atoms with Crippen molar-refractivity contribution in [3.8, 4) is 0 Å². The summed E-state index contributed by atoms with van der Waals surface area (Å²) in [5.41, 5.74) is 5.28. The third-order valence-corrected chi connectivity index (χ3v) is 1.55. The minimum atomic E-state index is -0.302. The van der Waals surface area contributed by atoms with Crippen LogP contribution in [0.4, 0.5) is 0 Å². The van der Waals surface area contributed by atoms with Crippen molar-refractivity contribution in [3.05, 3.63) is 0 Å². The van der Waals surface area contributed by atoms with Crippen LogP contribution in [0.25, 0.3) is 0 Å². The first-order valence-electron chi connectivity index (χ1n) is 4.26. The van der Waals surface area contributed by atoms with Crippen LogP contribution in [0.5, 0.6) is 0 Å². The number of carbonyl (C=O) groups excluding carboxylic acids is 1. The van der Waals surface area contributed by atoms with Crippen LogP contribution in [0.15, 0.2) is 0 Å². The number of carbonyl (C=O) groups is 1. The smallest absolute Gasteiger partial charge is 0.227 e. The van der Waals surface area contributed by atoms with Gasteiger partial charge in [-0.15, -0.1) is 0 Å². The summed E-state index contributed by atoms with van der Waals surface area (Å²) in [6.07, 6.45) is 0. The quantitative estimate of drug-likeness (QED) is 0.671. The van der Waals surface area contributed by atoms with E-state index in [1.165, 1.54) is 0 Å². The first-order chi connectivity index (χ1) is 5.25. The van der Waals surface area contributed by atoms with Gasteiger partial charge in [0.25, 0.3) is 0 Å². The Morgan fingerprint density at radius 3 is 2.17 bits per heavy atom. The maximum atomic E-state index is 11.6. The average molecular weight is 172 g/mol. The number of likely N-dealkylation sites (N-methyl/N-ethyl adjacent to an activating group) is 1. The Hall–Kier alpha value is -0.570. The van der Waals surface area contributed by atoms with Crippen LogP contribution in [-0.2, 0) is 4.79 Å². The number of rotatable bonds is 2. The molecular formula is C9H20N2O. The molecule has 1 unspecified atom stereocenters. The Bertz CT molecular complexity index is 158. The highest BCUT2D eigenvalue weighted by molar-refractivity contribution is 5.81. The highest BCUT2D eigenvalue weighted by Gasteiger charge is 2.24. The van der Waals surface area contributed by atoms with Crippen LogP contribution in [0.3, 0.4) is 0 Å². The minimum Gasteiger partial charge on any atom is -0.344 e. The number of nitrogens with two attached hydrogens (primary N) is 1. The van der Waals surface area contributed by atoms with Crippen molar-refractivity contribution in [2.24, 2.45) is 11.1 Å². The van der Waals surface area contributed by atoms with Crippen molar-refractivity contribution < 1.29 is 4.79 Å². The Labute approximate surface area is 74.9 Å². The Morgan fingerprint density at radius 1 is 1.50 bits per heavy atom. The molecule has 0 saturated heterocycles. The molecule has 0 aliphatic carbocycles. The van der Waals surface area contributed by atoms with E-state index in [9.17, 15) is 4.79 Å². The normalized spacial score (nSPS) is 14.2. The van der Waals surface area contributed by atoms with Crippen molar-refractivity contribution >= 4 is 5.91 Å². The molecule has 2 N–H and O–H groups in total. The van der Waals surface area contributed by atoms with Gasteiger partial charge in [0.1, 0.15) is 0 Å². The topological polar surface area (TPSA) is 46.3 Å². The molecule has 1 amide bonds. The molecule has 0 saturated carbocycles. The van der Waals surface area contributed by atoms with E-state index in [0.29, 0.717) is 6.54 Å². The van der Waals surface area contributed by atoms with Gasteiger partial charge >= 0.3 is 0 Å². The summed E-state index contributed by atoms with van der Waals surface area (Å²) in [6, 6.07) is 0.0429. The lowest BCUT2D eigenvalue weighted by Gasteiger charge is -2.27. The lowest BCUT2D eigenvalue weighted by Crippen LogP contribution is -2.42. The average Bonchev–Trinajstić information content (AvgIpc) is 1.82. The molecule has 0 fully saturated rings. The molecule has 12 heavy (non-hydrogen) atoms.